The highest BCUT2D eigenvalue weighted by Crippen LogP contribution is 2.16. The molecule has 4 nitrogen and oxygen atoms in total. The third kappa shape index (κ3) is 6.40. The van der Waals surface area contributed by atoms with Crippen LogP contribution < -0.4 is 0 Å². The number of rotatable bonds is 8. The van der Waals surface area contributed by atoms with Crippen LogP contribution in [-0.4, -0.2) is 44.6 Å². The largest absolute Gasteiger partial charge is 0.389 e. The van der Waals surface area contributed by atoms with Crippen LogP contribution in [0, 0.1) is 0 Å². The maximum Gasteiger partial charge on any atom is 0.171 e. The molecule has 0 heterocycles. The molecule has 0 aromatic rings. The smallest absolute Gasteiger partial charge is 0.171 e. The van der Waals surface area contributed by atoms with Crippen molar-refractivity contribution in [2.75, 3.05) is 13.2 Å². The van der Waals surface area contributed by atoms with Gasteiger partial charge in [-0.3, -0.25) is 9.59 Å². The van der Waals surface area contributed by atoms with E-state index in [1.54, 1.807) is 0 Å². The summed E-state index contributed by atoms with van der Waals surface area (Å²) in [7, 11) is 0. The number of halogens is 2. The van der Waals surface area contributed by atoms with E-state index in [0.29, 0.717) is 19.3 Å². The maximum atomic E-state index is 11.0. The number of alkyl halides is 2. The lowest BCUT2D eigenvalue weighted by molar-refractivity contribution is -0.121. The van der Waals surface area contributed by atoms with Gasteiger partial charge in [0, 0.05) is 0 Å². The van der Waals surface area contributed by atoms with Crippen LogP contribution >= 0.6 is 31.9 Å². The van der Waals surface area contributed by atoms with Crippen molar-refractivity contribution in [3.05, 3.63) is 0 Å². The molecule has 0 bridgehead atoms. The Kier molecular flexibility index (Phi) is 8.50. The Labute approximate surface area is 105 Å². The van der Waals surface area contributed by atoms with E-state index in [1.807, 2.05) is 0 Å². The second-order valence-corrected chi connectivity index (χ2v) is 5.33. The van der Waals surface area contributed by atoms with Crippen LogP contribution in [0.4, 0.5) is 0 Å². The topological polar surface area (TPSA) is 74.6 Å². The van der Waals surface area contributed by atoms with Crippen molar-refractivity contribution < 1.29 is 19.8 Å². The van der Waals surface area contributed by atoms with Crippen LogP contribution in [-0.2, 0) is 9.59 Å². The Morgan fingerprint density at radius 1 is 0.933 bits per heavy atom. The summed E-state index contributed by atoms with van der Waals surface area (Å²) in [5.41, 5.74) is 0. The van der Waals surface area contributed by atoms with Crippen LogP contribution in [0.15, 0.2) is 0 Å². The first-order chi connectivity index (χ1) is 7.02. The van der Waals surface area contributed by atoms with Gasteiger partial charge in [0.15, 0.2) is 11.6 Å². The molecule has 0 aromatic carbocycles. The van der Waals surface area contributed by atoms with Crippen molar-refractivity contribution in [1.29, 1.82) is 0 Å². The fourth-order valence-electron chi connectivity index (χ4n) is 0.996. The molecule has 2 atom stereocenters. The number of ketones is 2. The second-order valence-electron chi connectivity index (χ2n) is 3.11. The van der Waals surface area contributed by atoms with Gasteiger partial charge < -0.3 is 10.2 Å². The van der Waals surface area contributed by atoms with Crippen molar-refractivity contribution in [2.24, 2.45) is 0 Å². The van der Waals surface area contributed by atoms with Crippen LogP contribution in [0.5, 0.6) is 0 Å². The maximum absolute atomic E-state index is 11.0. The van der Waals surface area contributed by atoms with E-state index in [9.17, 15) is 9.59 Å². The zero-order chi connectivity index (χ0) is 11.8. The van der Waals surface area contributed by atoms with E-state index < -0.39 is 13.2 Å². The van der Waals surface area contributed by atoms with Gasteiger partial charge >= 0.3 is 0 Å². The normalized spacial score (nSPS) is 14.7. The van der Waals surface area contributed by atoms with Gasteiger partial charge in [0.2, 0.25) is 0 Å². The molecule has 88 valence electrons. The Bertz CT molecular complexity index is 198. The van der Waals surface area contributed by atoms with Gasteiger partial charge in [0.25, 0.3) is 0 Å². The Hall–Kier alpha value is 0.220. The third-order valence-corrected chi connectivity index (χ3v) is 3.86. The first-order valence-corrected chi connectivity index (χ1v) is 6.41. The van der Waals surface area contributed by atoms with Gasteiger partial charge in [0.05, 0.1) is 9.65 Å². The highest BCUT2D eigenvalue weighted by atomic mass is 79.9. The van der Waals surface area contributed by atoms with E-state index in [2.05, 4.69) is 31.9 Å². The van der Waals surface area contributed by atoms with Gasteiger partial charge in [-0.15, -0.1) is 0 Å². The minimum atomic E-state index is -0.469. The van der Waals surface area contributed by atoms with E-state index in [0.717, 1.165) is 0 Å². The van der Waals surface area contributed by atoms with Gasteiger partial charge in [-0.2, -0.15) is 0 Å². The van der Waals surface area contributed by atoms with Crippen molar-refractivity contribution in [2.45, 2.75) is 28.9 Å². The summed E-state index contributed by atoms with van der Waals surface area (Å²) in [6.07, 6.45) is 1.81. The predicted octanol–water partition coefficient (Wildman–Crippen LogP) is 0.806. The minimum Gasteiger partial charge on any atom is -0.389 e. The summed E-state index contributed by atoms with van der Waals surface area (Å²) in [4.78, 5) is 21.2. The number of carbonyl (C=O) groups is 2. The Balaban J connectivity index is 3.70. The molecule has 0 amide bonds. The number of hydrogen-bond donors (Lipinski definition) is 2. The number of carbonyl (C=O) groups excluding carboxylic acids is 2. The fourth-order valence-corrected chi connectivity index (χ4v) is 1.93. The van der Waals surface area contributed by atoms with Gasteiger partial charge in [-0.1, -0.05) is 38.3 Å². The van der Waals surface area contributed by atoms with E-state index in [4.69, 9.17) is 10.2 Å². The highest BCUT2D eigenvalue weighted by molar-refractivity contribution is 9.10. The average Bonchev–Trinajstić information content (AvgIpc) is 2.26. The summed E-state index contributed by atoms with van der Waals surface area (Å²) in [6.45, 7) is -0.938. The summed E-state index contributed by atoms with van der Waals surface area (Å²) in [5, 5.41) is 17.1. The molecule has 0 saturated heterocycles. The molecule has 2 N–H and O–H groups in total. The molecule has 2 unspecified atom stereocenters. The Morgan fingerprint density at radius 3 is 1.53 bits per heavy atom. The van der Waals surface area contributed by atoms with Crippen molar-refractivity contribution >= 4 is 43.4 Å². The summed E-state index contributed by atoms with van der Waals surface area (Å²) in [5.74, 6) is -0.510. The van der Waals surface area contributed by atoms with Crippen LogP contribution in [0.3, 0.4) is 0 Å². The molecule has 0 rings (SSSR count). The van der Waals surface area contributed by atoms with Crippen LogP contribution in [0.2, 0.25) is 0 Å². The first-order valence-electron chi connectivity index (χ1n) is 4.58. The van der Waals surface area contributed by atoms with Gasteiger partial charge in [-0.25, -0.2) is 0 Å². The van der Waals surface area contributed by atoms with Crippen molar-refractivity contribution in [3.63, 3.8) is 0 Å². The lowest BCUT2D eigenvalue weighted by atomic mass is 10.1. The molecule has 0 saturated carbocycles. The highest BCUT2D eigenvalue weighted by Gasteiger charge is 2.16. The second kappa shape index (κ2) is 8.38. The fraction of sp³-hybridized carbons (Fsp3) is 0.778. The molecule has 0 aliphatic rings. The summed E-state index contributed by atoms with van der Waals surface area (Å²) >= 11 is 6.30. The van der Waals surface area contributed by atoms with Gasteiger partial charge in [-0.05, 0) is 12.8 Å². The number of Topliss-reactive ketones (excluding diaryl/α,β-unsaturated/α-hetero) is 2. The van der Waals surface area contributed by atoms with E-state index in [1.165, 1.54) is 0 Å². The predicted molar refractivity (Wildman–Crippen MR) is 63.5 cm³/mol. The molecule has 0 aliphatic carbocycles. The standard InChI is InChI=1S/C9H14Br2O4/c10-6(8(14)4-12)2-1-3-7(11)9(15)5-13/h6-7,12-13H,1-5H2. The Morgan fingerprint density at radius 2 is 1.27 bits per heavy atom. The number of aliphatic hydroxyl groups excluding tert-OH is 2. The number of aliphatic hydroxyl groups is 2. The molecule has 0 spiro atoms. The molecular formula is C9H14Br2O4. The quantitative estimate of drug-likeness (QED) is 0.638. The lowest BCUT2D eigenvalue weighted by Crippen LogP contribution is -2.20. The molecule has 6 heteroatoms. The summed E-state index contributed by atoms with van der Waals surface area (Å²) < 4.78 is 0. The van der Waals surface area contributed by atoms with Crippen molar-refractivity contribution in [3.8, 4) is 0 Å². The lowest BCUT2D eigenvalue weighted by Gasteiger charge is -2.09. The number of hydrogen-bond acceptors (Lipinski definition) is 4. The summed E-state index contributed by atoms with van der Waals surface area (Å²) in [6, 6.07) is 0. The molecule has 15 heavy (non-hydrogen) atoms. The van der Waals surface area contributed by atoms with Crippen LogP contribution in [0.25, 0.3) is 0 Å². The molecule has 0 radical (unpaired) electrons. The minimum absolute atomic E-state index is 0.255. The average molecular weight is 346 g/mol. The molecule has 0 fully saturated rings. The van der Waals surface area contributed by atoms with E-state index in [-0.39, 0.29) is 21.2 Å². The van der Waals surface area contributed by atoms with E-state index >= 15 is 0 Å². The van der Waals surface area contributed by atoms with Gasteiger partial charge in [0.1, 0.15) is 13.2 Å². The molecule has 0 aromatic heterocycles. The van der Waals surface area contributed by atoms with Crippen molar-refractivity contribution in [1.82, 2.24) is 0 Å². The SMILES string of the molecule is O=C(CO)C(Br)CCCC(Br)C(=O)CO. The molecule has 0 aliphatic heterocycles. The monoisotopic (exact) mass is 344 g/mol. The first kappa shape index (κ1) is 15.2. The van der Waals surface area contributed by atoms with Crippen LogP contribution in [0.1, 0.15) is 19.3 Å². The third-order valence-electron chi connectivity index (χ3n) is 1.93. The molecular weight excluding hydrogens is 332 g/mol. The zero-order valence-corrected chi connectivity index (χ0v) is 11.3. The zero-order valence-electron chi connectivity index (χ0n) is 8.16.